The molecule has 0 radical (unpaired) electrons. The summed E-state index contributed by atoms with van der Waals surface area (Å²) in [5.74, 6) is 4.73. The summed E-state index contributed by atoms with van der Waals surface area (Å²) in [5.41, 5.74) is 2.65. The van der Waals surface area contributed by atoms with Crippen molar-refractivity contribution in [3.05, 3.63) is 48.5 Å². The van der Waals surface area contributed by atoms with Crippen molar-refractivity contribution >= 4 is 26.5 Å². The molecule has 5 aliphatic carbocycles. The van der Waals surface area contributed by atoms with E-state index in [1.54, 1.807) is 0 Å². The van der Waals surface area contributed by atoms with Crippen LogP contribution in [0.25, 0.3) is 16.7 Å². The molecule has 0 bridgehead atoms. The maximum absolute atomic E-state index is 13.7. The van der Waals surface area contributed by atoms with E-state index in [1.165, 1.54) is 57.9 Å². The summed E-state index contributed by atoms with van der Waals surface area (Å²) in [6.45, 7) is 6.24. The number of hydrogen-bond acceptors (Lipinski definition) is 7. The fourth-order valence-electron chi connectivity index (χ4n) is 11.0. The Hall–Kier alpha value is -2.78. The van der Waals surface area contributed by atoms with Crippen molar-refractivity contribution in [3.8, 4) is 11.6 Å². The molecular formula is C37H46N4O4S. The van der Waals surface area contributed by atoms with Crippen LogP contribution in [-0.2, 0) is 21.1 Å². The van der Waals surface area contributed by atoms with Crippen LogP contribution < -0.4 is 4.74 Å². The number of carbonyl (C=O) groups is 1. The molecule has 1 saturated heterocycles. The van der Waals surface area contributed by atoms with Crippen LogP contribution in [0.3, 0.4) is 0 Å². The first-order valence-corrected chi connectivity index (χ1v) is 19.7. The van der Waals surface area contributed by atoms with E-state index in [9.17, 15) is 13.2 Å². The number of rotatable bonds is 11. The molecule has 8 nitrogen and oxygen atoms in total. The number of Topliss-reactive ketones (excluding diaryl/α,β-unsaturated/α-hetero) is 1. The van der Waals surface area contributed by atoms with Gasteiger partial charge in [-0.15, -0.1) is 0 Å². The molecule has 3 spiro atoms. The lowest BCUT2D eigenvalue weighted by atomic mass is 9.69. The van der Waals surface area contributed by atoms with E-state index in [0.717, 1.165) is 60.0 Å². The van der Waals surface area contributed by atoms with Gasteiger partial charge in [-0.3, -0.25) is 4.79 Å². The third-order valence-electron chi connectivity index (χ3n) is 13.8. The molecule has 6 aliphatic rings. The molecule has 1 aromatic carbocycles. The molecule has 3 unspecified atom stereocenters. The van der Waals surface area contributed by atoms with Gasteiger partial charge in [-0.2, -0.15) is 0 Å². The highest BCUT2D eigenvalue weighted by Crippen LogP contribution is 2.92. The van der Waals surface area contributed by atoms with E-state index < -0.39 is 9.84 Å². The topological polar surface area (TPSA) is 94.4 Å². The molecule has 9 heteroatoms. The Labute approximate surface area is 272 Å². The highest BCUT2D eigenvalue weighted by Gasteiger charge is 2.87. The molecule has 9 rings (SSSR count). The Morgan fingerprint density at radius 3 is 2.70 bits per heavy atom. The van der Waals surface area contributed by atoms with Crippen molar-refractivity contribution in [2.24, 2.45) is 39.4 Å². The Balaban J connectivity index is 0.833. The number of ketones is 1. The maximum Gasteiger partial charge on any atom is 0.147 e. The van der Waals surface area contributed by atoms with E-state index in [1.807, 2.05) is 36.7 Å². The number of ether oxygens (including phenoxy) is 1. The number of carbonyl (C=O) groups excluding carboxylic acids is 1. The molecule has 46 heavy (non-hydrogen) atoms. The molecule has 5 saturated carbocycles. The van der Waals surface area contributed by atoms with Crippen LogP contribution in [0.1, 0.15) is 70.5 Å². The molecule has 5 atom stereocenters. The predicted octanol–water partition coefficient (Wildman–Crippen LogP) is 5.66. The first-order chi connectivity index (χ1) is 22.1. The molecule has 2 aromatic heterocycles. The fraction of sp³-hybridized carbons (Fsp3) is 0.649. The molecule has 3 aromatic rings. The Morgan fingerprint density at radius 1 is 1.09 bits per heavy atom. The molecule has 6 fully saturated rings. The van der Waals surface area contributed by atoms with Crippen LogP contribution in [0.15, 0.2) is 42.7 Å². The molecule has 244 valence electrons. The number of fused-ring (bicyclic) bond motifs is 5. The van der Waals surface area contributed by atoms with Crippen molar-refractivity contribution in [2.75, 3.05) is 38.2 Å². The van der Waals surface area contributed by atoms with Crippen LogP contribution >= 0.6 is 0 Å². The minimum Gasteiger partial charge on any atom is -0.493 e. The number of benzene rings is 1. The lowest BCUT2D eigenvalue weighted by Crippen LogP contribution is -2.30. The smallest absolute Gasteiger partial charge is 0.147 e. The quantitative estimate of drug-likeness (QED) is 0.249. The zero-order valence-corrected chi connectivity index (χ0v) is 28.0. The van der Waals surface area contributed by atoms with E-state index in [-0.39, 0.29) is 5.75 Å². The lowest BCUT2D eigenvalue weighted by Gasteiger charge is -2.35. The Kier molecular flexibility index (Phi) is 6.31. The predicted molar refractivity (Wildman–Crippen MR) is 177 cm³/mol. The van der Waals surface area contributed by atoms with Gasteiger partial charge in [0.2, 0.25) is 0 Å². The van der Waals surface area contributed by atoms with Gasteiger partial charge in [-0.1, -0.05) is 13.0 Å². The molecule has 3 heterocycles. The molecule has 0 amide bonds. The first-order valence-electron chi connectivity index (χ1n) is 17.6. The monoisotopic (exact) mass is 642 g/mol. The van der Waals surface area contributed by atoms with E-state index in [0.29, 0.717) is 52.3 Å². The highest BCUT2D eigenvalue weighted by atomic mass is 32.2. The van der Waals surface area contributed by atoms with Gasteiger partial charge in [-0.25, -0.2) is 18.4 Å². The zero-order chi connectivity index (χ0) is 31.5. The second-order valence-corrected chi connectivity index (χ2v) is 18.2. The number of nitrogens with zero attached hydrogens (tertiary/aromatic N) is 4. The van der Waals surface area contributed by atoms with Gasteiger partial charge in [0, 0.05) is 48.8 Å². The van der Waals surface area contributed by atoms with E-state index in [4.69, 9.17) is 14.7 Å². The SMILES string of the molecule is CCN1CC[C@@]2(C1)C[C@]21CC1C(=O)C1CCC2(CC1)C1CC12Cc1nccc(-n2ccc3c(OCCCS(C)(=O)=O)cccc32)n1. The Morgan fingerprint density at radius 2 is 1.93 bits per heavy atom. The summed E-state index contributed by atoms with van der Waals surface area (Å²) in [6.07, 6.45) is 16.2. The van der Waals surface area contributed by atoms with Gasteiger partial charge >= 0.3 is 0 Å². The number of aromatic nitrogens is 3. The summed E-state index contributed by atoms with van der Waals surface area (Å²) in [7, 11) is -3.00. The van der Waals surface area contributed by atoms with Gasteiger partial charge in [-0.05, 0) is 123 Å². The second kappa shape index (κ2) is 9.88. The summed E-state index contributed by atoms with van der Waals surface area (Å²) in [4.78, 5) is 26.1. The summed E-state index contributed by atoms with van der Waals surface area (Å²) in [6, 6.07) is 9.96. The fourth-order valence-corrected chi connectivity index (χ4v) is 11.6. The lowest BCUT2D eigenvalue weighted by molar-refractivity contribution is -0.126. The van der Waals surface area contributed by atoms with E-state index >= 15 is 0 Å². The molecular weight excluding hydrogens is 596 g/mol. The normalized spacial score (nSPS) is 37.2. The maximum atomic E-state index is 13.7. The zero-order valence-electron chi connectivity index (χ0n) is 27.2. The van der Waals surface area contributed by atoms with Gasteiger partial charge in [0.1, 0.15) is 33.0 Å². The van der Waals surface area contributed by atoms with Crippen molar-refractivity contribution < 1.29 is 17.9 Å². The van der Waals surface area contributed by atoms with Crippen LogP contribution in [0.2, 0.25) is 0 Å². The summed E-state index contributed by atoms with van der Waals surface area (Å²) >= 11 is 0. The van der Waals surface area contributed by atoms with Gasteiger partial charge in [0.15, 0.2) is 0 Å². The van der Waals surface area contributed by atoms with Crippen molar-refractivity contribution in [3.63, 3.8) is 0 Å². The van der Waals surface area contributed by atoms with Gasteiger partial charge in [0.05, 0.1) is 17.9 Å². The van der Waals surface area contributed by atoms with Crippen LogP contribution in [-0.4, -0.2) is 71.9 Å². The average molecular weight is 643 g/mol. The second-order valence-electron chi connectivity index (χ2n) is 15.9. The minimum atomic E-state index is -3.00. The van der Waals surface area contributed by atoms with Crippen molar-refractivity contribution in [1.82, 2.24) is 19.4 Å². The highest BCUT2D eigenvalue weighted by molar-refractivity contribution is 7.90. The third kappa shape index (κ3) is 4.32. The minimum absolute atomic E-state index is 0.121. The summed E-state index contributed by atoms with van der Waals surface area (Å²) in [5, 5.41) is 0.982. The number of sulfone groups is 1. The largest absolute Gasteiger partial charge is 0.493 e. The number of likely N-dealkylation sites (tertiary alicyclic amines) is 1. The van der Waals surface area contributed by atoms with Gasteiger partial charge in [0.25, 0.3) is 0 Å². The first kappa shape index (κ1) is 29.4. The van der Waals surface area contributed by atoms with Crippen molar-refractivity contribution in [1.29, 1.82) is 0 Å². The van der Waals surface area contributed by atoms with Crippen LogP contribution in [0.5, 0.6) is 5.75 Å². The van der Waals surface area contributed by atoms with Gasteiger partial charge < -0.3 is 14.2 Å². The summed E-state index contributed by atoms with van der Waals surface area (Å²) < 4.78 is 31.0. The standard InChI is InChI=1S/C37H46N4O4S/c1-3-40-17-14-34(24-40)23-37(34)20-27(37)33(42)25-8-12-35(13-9-25)30-21-36(30,35)22-31-38-15-10-32(39-31)41-16-11-26-28(41)6-4-7-29(26)45-18-5-19-46(2,43)44/h4,6-7,10-11,15-16,25,27,30H,3,5,8-9,12-14,17-24H2,1-2H3/t25?,27?,30?,34-,35?,36?,37-/m0/s1. The van der Waals surface area contributed by atoms with Crippen LogP contribution in [0, 0.1) is 39.4 Å². The van der Waals surface area contributed by atoms with Crippen molar-refractivity contribution in [2.45, 2.75) is 71.1 Å². The molecule has 1 aliphatic heterocycles. The Bertz CT molecular complexity index is 1850. The third-order valence-corrected chi connectivity index (χ3v) is 14.9. The van der Waals surface area contributed by atoms with Crippen LogP contribution in [0.4, 0.5) is 0 Å². The molecule has 0 N–H and O–H groups in total. The average Bonchev–Trinajstić information content (AvgIpc) is 4.01. The van der Waals surface area contributed by atoms with E-state index in [2.05, 4.69) is 22.5 Å². The number of hydrogen-bond donors (Lipinski definition) is 0.